The fourth-order valence-corrected chi connectivity index (χ4v) is 2.52. The molecule has 4 N–H and O–H groups in total. The van der Waals surface area contributed by atoms with Crippen molar-refractivity contribution in [1.82, 2.24) is 4.98 Å². The lowest BCUT2D eigenvalue weighted by Crippen LogP contribution is -2.19. The van der Waals surface area contributed by atoms with E-state index in [4.69, 9.17) is 10.5 Å². The number of primary amides is 1. The first-order valence-electron chi connectivity index (χ1n) is 7.40. The quantitative estimate of drug-likeness (QED) is 0.728. The van der Waals surface area contributed by atoms with Gasteiger partial charge in [-0.3, -0.25) is 9.59 Å². The van der Waals surface area contributed by atoms with Crippen molar-refractivity contribution in [2.24, 2.45) is 5.73 Å². The highest BCUT2D eigenvalue weighted by Crippen LogP contribution is 2.22. The molecular weight excluding hydrogens is 310 g/mol. The number of methoxy groups -OCH3 is 1. The van der Waals surface area contributed by atoms with Gasteiger partial charge in [0.25, 0.3) is 11.8 Å². The van der Waals surface area contributed by atoms with Crippen LogP contribution in [-0.2, 0) is 11.2 Å². The van der Waals surface area contributed by atoms with E-state index >= 15 is 0 Å². The average molecular weight is 329 g/mol. The van der Waals surface area contributed by atoms with Crippen LogP contribution in [0, 0.1) is 6.92 Å². The Morgan fingerprint density at radius 2 is 1.92 bits per heavy atom. The molecule has 0 spiro atoms. The minimum Gasteiger partial charge on any atom is -0.465 e. The highest BCUT2D eigenvalue weighted by molar-refractivity contribution is 6.10. The molecule has 0 aliphatic carbocycles. The van der Waals surface area contributed by atoms with E-state index < -0.39 is 17.8 Å². The second-order valence-electron chi connectivity index (χ2n) is 5.19. The van der Waals surface area contributed by atoms with E-state index in [1.807, 2.05) is 6.92 Å². The maximum atomic E-state index is 12.6. The Morgan fingerprint density at radius 1 is 1.25 bits per heavy atom. The third-order valence-electron chi connectivity index (χ3n) is 3.74. The summed E-state index contributed by atoms with van der Waals surface area (Å²) in [5, 5.41) is 2.65. The summed E-state index contributed by atoms with van der Waals surface area (Å²) in [6, 6.07) is 6.44. The van der Waals surface area contributed by atoms with Crippen LogP contribution in [0.2, 0.25) is 0 Å². The van der Waals surface area contributed by atoms with Crippen LogP contribution in [0.5, 0.6) is 0 Å². The number of aromatic amines is 1. The standard InChI is InChI=1S/C17H19N3O4/c1-4-11-13(17(23)24-3)9(2)14(19-11)16(22)20-12-8-6-5-7-10(12)15(18)21/h5-8,19H,4H2,1-3H3,(H2,18,21)(H,20,22). The molecule has 1 aromatic heterocycles. The molecule has 0 atom stereocenters. The number of para-hydroxylation sites is 1. The lowest BCUT2D eigenvalue weighted by atomic mass is 10.1. The van der Waals surface area contributed by atoms with E-state index in [0.717, 1.165) is 0 Å². The minimum atomic E-state index is -0.640. The number of carbonyl (C=O) groups is 3. The van der Waals surface area contributed by atoms with Crippen molar-refractivity contribution in [3.63, 3.8) is 0 Å². The molecule has 7 heteroatoms. The van der Waals surface area contributed by atoms with E-state index in [2.05, 4.69) is 10.3 Å². The molecule has 7 nitrogen and oxygen atoms in total. The number of carbonyl (C=O) groups excluding carboxylic acids is 3. The molecular formula is C17H19N3O4. The number of benzene rings is 1. The summed E-state index contributed by atoms with van der Waals surface area (Å²) < 4.78 is 4.77. The number of nitrogens with two attached hydrogens (primary N) is 1. The van der Waals surface area contributed by atoms with Gasteiger partial charge in [0.1, 0.15) is 5.69 Å². The summed E-state index contributed by atoms with van der Waals surface area (Å²) in [4.78, 5) is 38.9. The molecule has 0 unspecified atom stereocenters. The van der Waals surface area contributed by atoms with E-state index in [0.29, 0.717) is 28.9 Å². The summed E-state index contributed by atoms with van der Waals surface area (Å²) in [5.74, 6) is -1.61. The van der Waals surface area contributed by atoms with Crippen molar-refractivity contribution in [2.45, 2.75) is 20.3 Å². The van der Waals surface area contributed by atoms with Crippen molar-refractivity contribution < 1.29 is 19.1 Å². The van der Waals surface area contributed by atoms with Crippen LogP contribution in [-0.4, -0.2) is 29.9 Å². The Balaban J connectivity index is 2.40. The number of hydrogen-bond acceptors (Lipinski definition) is 4. The first-order valence-corrected chi connectivity index (χ1v) is 7.40. The van der Waals surface area contributed by atoms with E-state index in [1.54, 1.807) is 25.1 Å². The largest absolute Gasteiger partial charge is 0.465 e. The summed E-state index contributed by atoms with van der Waals surface area (Å²) in [7, 11) is 1.29. The Bertz CT molecular complexity index is 808. The normalized spacial score (nSPS) is 10.3. The molecule has 0 bridgehead atoms. The third kappa shape index (κ3) is 3.15. The zero-order valence-electron chi connectivity index (χ0n) is 13.7. The SMILES string of the molecule is CCc1[nH]c(C(=O)Nc2ccccc2C(N)=O)c(C)c1C(=O)OC. The number of H-pyrrole nitrogens is 1. The number of aryl methyl sites for hydroxylation is 1. The Hall–Kier alpha value is -3.09. The van der Waals surface area contributed by atoms with Gasteiger partial charge in [-0.1, -0.05) is 19.1 Å². The number of ether oxygens (including phenoxy) is 1. The van der Waals surface area contributed by atoms with Gasteiger partial charge in [0.05, 0.1) is 23.9 Å². The average Bonchev–Trinajstić information content (AvgIpc) is 2.91. The van der Waals surface area contributed by atoms with Crippen LogP contribution in [0.15, 0.2) is 24.3 Å². The van der Waals surface area contributed by atoms with Crippen molar-refractivity contribution >= 4 is 23.5 Å². The van der Waals surface area contributed by atoms with Gasteiger partial charge in [0.15, 0.2) is 0 Å². The third-order valence-corrected chi connectivity index (χ3v) is 3.74. The molecule has 0 radical (unpaired) electrons. The van der Waals surface area contributed by atoms with Gasteiger partial charge in [-0.15, -0.1) is 0 Å². The zero-order chi connectivity index (χ0) is 17.9. The first kappa shape index (κ1) is 17.3. The number of nitrogens with one attached hydrogen (secondary N) is 2. The molecule has 0 aliphatic heterocycles. The maximum Gasteiger partial charge on any atom is 0.339 e. The molecule has 0 saturated heterocycles. The van der Waals surface area contributed by atoms with Crippen molar-refractivity contribution in [3.05, 3.63) is 52.3 Å². The second kappa shape index (κ2) is 6.99. The number of esters is 1. The van der Waals surface area contributed by atoms with Gasteiger partial charge in [0, 0.05) is 5.69 Å². The van der Waals surface area contributed by atoms with E-state index in [9.17, 15) is 14.4 Å². The Kier molecular flexibility index (Phi) is 5.03. The monoisotopic (exact) mass is 329 g/mol. The number of hydrogen-bond donors (Lipinski definition) is 3. The number of amides is 2. The molecule has 0 fully saturated rings. The van der Waals surface area contributed by atoms with Crippen LogP contribution >= 0.6 is 0 Å². The molecule has 1 aromatic carbocycles. The van der Waals surface area contributed by atoms with Crippen LogP contribution < -0.4 is 11.1 Å². The number of anilines is 1. The molecule has 0 saturated carbocycles. The van der Waals surface area contributed by atoms with E-state index in [1.165, 1.54) is 13.2 Å². The second-order valence-corrected chi connectivity index (χ2v) is 5.19. The Labute approximate surface area is 139 Å². The van der Waals surface area contributed by atoms with Gasteiger partial charge in [-0.25, -0.2) is 4.79 Å². The van der Waals surface area contributed by atoms with Crippen LogP contribution in [0.1, 0.15) is 49.4 Å². The molecule has 2 rings (SSSR count). The van der Waals surface area contributed by atoms with Gasteiger partial charge >= 0.3 is 5.97 Å². The number of rotatable bonds is 5. The van der Waals surface area contributed by atoms with Crippen LogP contribution in [0.4, 0.5) is 5.69 Å². The highest BCUT2D eigenvalue weighted by atomic mass is 16.5. The van der Waals surface area contributed by atoms with Crippen molar-refractivity contribution in [2.75, 3.05) is 12.4 Å². The minimum absolute atomic E-state index is 0.207. The van der Waals surface area contributed by atoms with Crippen molar-refractivity contribution in [1.29, 1.82) is 0 Å². The molecule has 24 heavy (non-hydrogen) atoms. The lowest BCUT2D eigenvalue weighted by Gasteiger charge is -2.08. The smallest absolute Gasteiger partial charge is 0.339 e. The van der Waals surface area contributed by atoms with Gasteiger partial charge in [0.2, 0.25) is 0 Å². The highest BCUT2D eigenvalue weighted by Gasteiger charge is 2.24. The molecule has 1 heterocycles. The maximum absolute atomic E-state index is 12.6. The summed E-state index contributed by atoms with van der Waals surface area (Å²) in [6.45, 7) is 3.53. The molecule has 2 aromatic rings. The summed E-state index contributed by atoms with van der Waals surface area (Å²) in [6.07, 6.45) is 0.538. The van der Waals surface area contributed by atoms with Gasteiger partial charge in [-0.05, 0) is 31.0 Å². The van der Waals surface area contributed by atoms with Crippen LogP contribution in [0.3, 0.4) is 0 Å². The first-order chi connectivity index (χ1) is 11.4. The van der Waals surface area contributed by atoms with Crippen molar-refractivity contribution in [3.8, 4) is 0 Å². The molecule has 126 valence electrons. The predicted molar refractivity (Wildman–Crippen MR) is 89.2 cm³/mol. The molecule has 2 amide bonds. The molecule has 0 aliphatic rings. The summed E-state index contributed by atoms with van der Waals surface area (Å²) in [5.41, 5.74) is 7.53. The fourth-order valence-electron chi connectivity index (χ4n) is 2.52. The number of aromatic nitrogens is 1. The predicted octanol–water partition coefficient (Wildman–Crippen LogP) is 2.02. The van der Waals surface area contributed by atoms with Gasteiger partial charge in [-0.2, -0.15) is 0 Å². The van der Waals surface area contributed by atoms with Crippen LogP contribution in [0.25, 0.3) is 0 Å². The summed E-state index contributed by atoms with van der Waals surface area (Å²) >= 11 is 0. The van der Waals surface area contributed by atoms with E-state index in [-0.39, 0.29) is 11.3 Å². The Morgan fingerprint density at radius 3 is 2.50 bits per heavy atom. The zero-order valence-corrected chi connectivity index (χ0v) is 13.7. The fraction of sp³-hybridized carbons (Fsp3) is 0.235. The lowest BCUT2D eigenvalue weighted by molar-refractivity contribution is 0.0598. The van der Waals surface area contributed by atoms with Gasteiger partial charge < -0.3 is 20.8 Å². The topological polar surface area (TPSA) is 114 Å².